The Bertz CT molecular complexity index is 896. The Labute approximate surface area is 176 Å². The minimum Gasteiger partial charge on any atom is -0.457 e. The number of piperidine rings is 1. The molecule has 30 heavy (non-hydrogen) atoms. The second kappa shape index (κ2) is 7.88. The number of carbonyl (C=O) groups excluding carboxylic acids is 1. The van der Waals surface area contributed by atoms with Crippen molar-refractivity contribution in [3.05, 3.63) is 30.3 Å². The lowest BCUT2D eigenvalue weighted by atomic mass is 10.0. The Balaban J connectivity index is 1.42. The van der Waals surface area contributed by atoms with Crippen molar-refractivity contribution < 1.29 is 18.8 Å². The summed E-state index contributed by atoms with van der Waals surface area (Å²) in [4.78, 5) is 30.3. The van der Waals surface area contributed by atoms with Crippen LogP contribution in [0.1, 0.15) is 39.4 Å². The van der Waals surface area contributed by atoms with E-state index in [1.807, 2.05) is 32.9 Å². The van der Waals surface area contributed by atoms with Crippen molar-refractivity contribution in [2.24, 2.45) is 4.99 Å². The number of likely N-dealkylation sites (tertiary alicyclic amines) is 1. The smallest absolute Gasteiger partial charge is 0.410 e. The Morgan fingerprint density at radius 3 is 2.80 bits per heavy atom. The molecule has 0 aromatic carbocycles. The predicted octanol–water partition coefficient (Wildman–Crippen LogP) is 2.88. The summed E-state index contributed by atoms with van der Waals surface area (Å²) in [5, 5.41) is 0.920. The number of likely N-dealkylation sites (N-methyl/N-ethyl adjacent to an activating group) is 1. The van der Waals surface area contributed by atoms with Gasteiger partial charge in [-0.2, -0.15) is 0 Å². The Kier molecular flexibility index (Phi) is 5.42. The molecule has 4 rings (SSSR count). The van der Waals surface area contributed by atoms with E-state index in [1.54, 1.807) is 17.3 Å². The van der Waals surface area contributed by atoms with Crippen molar-refractivity contribution in [3.63, 3.8) is 0 Å². The topological polar surface area (TPSA) is 92.4 Å². The van der Waals surface area contributed by atoms with Crippen LogP contribution in [0.4, 0.5) is 4.79 Å². The molecule has 2 aromatic rings. The lowest BCUT2D eigenvalue weighted by molar-refractivity contribution is 0.0112. The maximum atomic E-state index is 12.3. The molecule has 1 fully saturated rings. The lowest BCUT2D eigenvalue weighted by Gasteiger charge is -2.39. The Morgan fingerprint density at radius 2 is 2.17 bits per heavy atom. The SMILES string of the molecule is CN(CC1(c2cc3cnccc3o2)N=CON1)C1CCN(C(=O)OC(C)(C)C)CC1. The molecule has 162 valence electrons. The third-order valence-corrected chi connectivity index (χ3v) is 5.50. The summed E-state index contributed by atoms with van der Waals surface area (Å²) in [5.74, 6) is 0.678. The molecule has 9 nitrogen and oxygen atoms in total. The number of amides is 1. The molecule has 0 saturated carbocycles. The number of pyridine rings is 1. The molecular weight excluding hydrogens is 386 g/mol. The molecule has 4 heterocycles. The maximum absolute atomic E-state index is 12.3. The summed E-state index contributed by atoms with van der Waals surface area (Å²) in [6, 6.07) is 4.09. The van der Waals surface area contributed by atoms with Crippen LogP contribution < -0.4 is 5.48 Å². The van der Waals surface area contributed by atoms with E-state index in [4.69, 9.17) is 14.0 Å². The minimum atomic E-state index is -0.823. The van der Waals surface area contributed by atoms with E-state index in [9.17, 15) is 4.79 Å². The highest BCUT2D eigenvalue weighted by molar-refractivity contribution is 5.77. The number of hydrogen-bond donors (Lipinski definition) is 1. The normalized spacial score (nSPS) is 22.6. The first kappa shape index (κ1) is 20.6. The lowest BCUT2D eigenvalue weighted by Crippen LogP contribution is -2.52. The molecule has 0 radical (unpaired) electrons. The first-order valence-corrected chi connectivity index (χ1v) is 10.2. The van der Waals surface area contributed by atoms with E-state index in [1.165, 1.54) is 6.40 Å². The Hall–Kier alpha value is -2.65. The maximum Gasteiger partial charge on any atom is 0.410 e. The summed E-state index contributed by atoms with van der Waals surface area (Å²) in [7, 11) is 2.06. The molecule has 0 aliphatic carbocycles. The number of aliphatic imine (C=N–C) groups is 1. The van der Waals surface area contributed by atoms with E-state index in [-0.39, 0.29) is 6.09 Å². The molecule has 1 saturated heterocycles. The van der Waals surface area contributed by atoms with E-state index < -0.39 is 11.3 Å². The molecule has 1 unspecified atom stereocenters. The second-order valence-corrected chi connectivity index (χ2v) is 8.95. The summed E-state index contributed by atoms with van der Waals surface area (Å²) < 4.78 is 11.5. The van der Waals surface area contributed by atoms with Crippen LogP contribution in [0.2, 0.25) is 0 Å². The fourth-order valence-electron chi connectivity index (χ4n) is 3.93. The molecule has 9 heteroatoms. The molecule has 2 aliphatic rings. The molecule has 1 amide bonds. The van der Waals surface area contributed by atoms with Crippen LogP contribution in [-0.2, 0) is 15.2 Å². The summed E-state index contributed by atoms with van der Waals surface area (Å²) in [6.45, 7) is 7.55. The number of nitrogens with one attached hydrogen (secondary N) is 1. The van der Waals surface area contributed by atoms with Crippen LogP contribution in [0.5, 0.6) is 0 Å². The third-order valence-electron chi connectivity index (χ3n) is 5.50. The van der Waals surface area contributed by atoms with Gasteiger partial charge in [0, 0.05) is 43.5 Å². The van der Waals surface area contributed by atoms with Crippen LogP contribution in [0.25, 0.3) is 11.0 Å². The average molecular weight is 415 g/mol. The van der Waals surface area contributed by atoms with Gasteiger partial charge in [-0.1, -0.05) is 0 Å². The van der Waals surface area contributed by atoms with Gasteiger partial charge < -0.3 is 18.9 Å². The van der Waals surface area contributed by atoms with Gasteiger partial charge in [0.2, 0.25) is 5.66 Å². The monoisotopic (exact) mass is 415 g/mol. The van der Waals surface area contributed by atoms with Gasteiger partial charge in [0.05, 0.1) is 0 Å². The van der Waals surface area contributed by atoms with Crippen molar-refractivity contribution in [2.45, 2.75) is 50.9 Å². The first-order valence-electron chi connectivity index (χ1n) is 10.2. The van der Waals surface area contributed by atoms with E-state index >= 15 is 0 Å². The summed E-state index contributed by atoms with van der Waals surface area (Å²) in [6.07, 6.45) is 6.36. The van der Waals surface area contributed by atoms with Gasteiger partial charge in [0.25, 0.3) is 0 Å². The molecule has 0 spiro atoms. The Morgan fingerprint density at radius 1 is 1.40 bits per heavy atom. The van der Waals surface area contributed by atoms with Gasteiger partial charge in [-0.15, -0.1) is 5.48 Å². The zero-order valence-corrected chi connectivity index (χ0v) is 17.9. The number of carbonyl (C=O) groups is 1. The zero-order valence-electron chi connectivity index (χ0n) is 17.9. The number of hydrogen-bond acceptors (Lipinski definition) is 8. The van der Waals surface area contributed by atoms with Gasteiger partial charge in [-0.3, -0.25) is 9.88 Å². The van der Waals surface area contributed by atoms with Crippen molar-refractivity contribution in [2.75, 3.05) is 26.7 Å². The van der Waals surface area contributed by atoms with Crippen molar-refractivity contribution in [1.29, 1.82) is 0 Å². The quantitative estimate of drug-likeness (QED) is 0.821. The van der Waals surface area contributed by atoms with Gasteiger partial charge in [0.1, 0.15) is 11.2 Å². The first-order chi connectivity index (χ1) is 14.3. The number of hydroxylamine groups is 1. The largest absolute Gasteiger partial charge is 0.457 e. The minimum absolute atomic E-state index is 0.244. The van der Waals surface area contributed by atoms with Crippen LogP contribution in [0.3, 0.4) is 0 Å². The summed E-state index contributed by atoms with van der Waals surface area (Å²) in [5.41, 5.74) is 2.46. The van der Waals surface area contributed by atoms with E-state index in [0.29, 0.717) is 31.4 Å². The average Bonchev–Trinajstić information content (AvgIpc) is 3.34. The van der Waals surface area contributed by atoms with Crippen LogP contribution in [-0.4, -0.2) is 65.6 Å². The number of furan rings is 1. The number of fused-ring (bicyclic) bond motifs is 1. The predicted molar refractivity (Wildman–Crippen MR) is 112 cm³/mol. The standard InChI is InChI=1S/C21H29N5O4/c1-20(2,3)30-19(27)26-9-6-16(7-10-26)25(4)13-21(23-14-28-24-21)18-11-15-12-22-8-5-17(15)29-18/h5,8,11-12,14,16,24H,6-7,9-10,13H2,1-4H3. The van der Waals surface area contributed by atoms with Crippen LogP contribution in [0, 0.1) is 0 Å². The van der Waals surface area contributed by atoms with Gasteiger partial charge in [-0.25, -0.2) is 9.79 Å². The van der Waals surface area contributed by atoms with Crippen LogP contribution >= 0.6 is 0 Å². The van der Waals surface area contributed by atoms with Crippen molar-refractivity contribution >= 4 is 23.5 Å². The number of rotatable bonds is 4. The number of nitrogens with zero attached hydrogens (tertiary/aromatic N) is 4. The van der Waals surface area contributed by atoms with Gasteiger partial charge >= 0.3 is 6.09 Å². The zero-order chi connectivity index (χ0) is 21.4. The summed E-state index contributed by atoms with van der Waals surface area (Å²) >= 11 is 0. The third kappa shape index (κ3) is 4.27. The molecule has 1 N–H and O–H groups in total. The van der Waals surface area contributed by atoms with Crippen molar-refractivity contribution in [3.8, 4) is 0 Å². The van der Waals surface area contributed by atoms with Crippen molar-refractivity contribution in [1.82, 2.24) is 20.3 Å². The molecular formula is C21H29N5O4. The molecule has 2 aliphatic heterocycles. The number of aromatic nitrogens is 1. The fourth-order valence-corrected chi connectivity index (χ4v) is 3.93. The molecule has 2 aromatic heterocycles. The highest BCUT2D eigenvalue weighted by Gasteiger charge is 2.42. The van der Waals surface area contributed by atoms with Gasteiger partial charge in [-0.05, 0) is 52.8 Å². The fraction of sp³-hybridized carbons (Fsp3) is 0.571. The molecule has 1 atom stereocenters. The molecule has 0 bridgehead atoms. The highest BCUT2D eigenvalue weighted by Crippen LogP contribution is 2.32. The van der Waals surface area contributed by atoms with Gasteiger partial charge in [0.15, 0.2) is 12.2 Å². The van der Waals surface area contributed by atoms with E-state index in [2.05, 4.69) is 27.4 Å². The van der Waals surface area contributed by atoms with E-state index in [0.717, 1.165) is 23.8 Å². The van der Waals surface area contributed by atoms with Crippen LogP contribution in [0.15, 0.2) is 33.9 Å². The second-order valence-electron chi connectivity index (χ2n) is 8.95. The number of ether oxygens (including phenoxy) is 1. The highest BCUT2D eigenvalue weighted by atomic mass is 16.7.